The van der Waals surface area contributed by atoms with Gasteiger partial charge in [-0.25, -0.2) is 4.98 Å². The highest BCUT2D eigenvalue weighted by atomic mass is 32.1. The molecule has 0 aliphatic carbocycles. The van der Waals surface area contributed by atoms with Crippen LogP contribution < -0.4 is 10.1 Å². The lowest BCUT2D eigenvalue weighted by atomic mass is 10.2. The van der Waals surface area contributed by atoms with Crippen molar-refractivity contribution in [3.8, 4) is 16.3 Å². The first-order chi connectivity index (χ1) is 10.2. The number of nitrogens with zero attached hydrogens (tertiary/aromatic N) is 1. The van der Waals surface area contributed by atoms with E-state index >= 15 is 0 Å². The van der Waals surface area contributed by atoms with E-state index in [9.17, 15) is 0 Å². The minimum Gasteiger partial charge on any atom is -0.496 e. The van der Waals surface area contributed by atoms with Crippen molar-refractivity contribution in [3.63, 3.8) is 0 Å². The first-order valence-corrected chi connectivity index (χ1v) is 8.30. The Balaban J connectivity index is 2.23. The summed E-state index contributed by atoms with van der Waals surface area (Å²) >= 11 is 1.76. The first-order valence-electron chi connectivity index (χ1n) is 7.48. The Morgan fingerprint density at radius 1 is 1.29 bits per heavy atom. The summed E-state index contributed by atoms with van der Waals surface area (Å²) in [6, 6.07) is 8.07. The van der Waals surface area contributed by atoms with Gasteiger partial charge in [0.1, 0.15) is 10.8 Å². The number of nitrogens with one attached hydrogen (secondary N) is 1. The normalized spacial score (nSPS) is 11.1. The maximum Gasteiger partial charge on any atom is 0.129 e. The molecule has 1 aromatic heterocycles. The lowest BCUT2D eigenvalue weighted by Gasteiger charge is -2.06. The van der Waals surface area contributed by atoms with Gasteiger partial charge in [0, 0.05) is 11.4 Å². The standard InChI is InChI=1S/C17H24N2OS/c1-5-14-16(11-18-10-12(2)3)21-17(19-14)13-8-6-7-9-15(13)20-4/h6-9,12,18H,5,10-11H2,1-4H3. The van der Waals surface area contributed by atoms with Crippen LogP contribution in [0.25, 0.3) is 10.6 Å². The molecular weight excluding hydrogens is 280 g/mol. The number of aryl methyl sites for hydroxylation is 1. The number of thiazole rings is 1. The van der Waals surface area contributed by atoms with E-state index in [-0.39, 0.29) is 0 Å². The Morgan fingerprint density at radius 3 is 2.71 bits per heavy atom. The smallest absolute Gasteiger partial charge is 0.129 e. The van der Waals surface area contributed by atoms with Crippen LogP contribution in [0.2, 0.25) is 0 Å². The van der Waals surface area contributed by atoms with Gasteiger partial charge in [0.2, 0.25) is 0 Å². The van der Waals surface area contributed by atoms with E-state index in [1.54, 1.807) is 18.4 Å². The fraction of sp³-hybridized carbons (Fsp3) is 0.471. The molecular formula is C17H24N2OS. The number of hydrogen-bond acceptors (Lipinski definition) is 4. The molecule has 2 aromatic rings. The highest BCUT2D eigenvalue weighted by Gasteiger charge is 2.14. The minimum absolute atomic E-state index is 0.664. The molecule has 0 saturated heterocycles. The van der Waals surface area contributed by atoms with Gasteiger partial charge in [0.15, 0.2) is 0 Å². The zero-order valence-electron chi connectivity index (χ0n) is 13.3. The largest absolute Gasteiger partial charge is 0.496 e. The van der Waals surface area contributed by atoms with E-state index in [0.717, 1.165) is 35.8 Å². The summed E-state index contributed by atoms with van der Waals surface area (Å²) in [4.78, 5) is 6.14. The van der Waals surface area contributed by atoms with Crippen LogP contribution in [0.15, 0.2) is 24.3 Å². The topological polar surface area (TPSA) is 34.1 Å². The molecule has 1 N–H and O–H groups in total. The van der Waals surface area contributed by atoms with Crippen LogP contribution in [-0.4, -0.2) is 18.6 Å². The maximum absolute atomic E-state index is 5.45. The monoisotopic (exact) mass is 304 g/mol. The predicted octanol–water partition coefficient (Wildman–Crippen LogP) is 4.13. The zero-order chi connectivity index (χ0) is 15.2. The van der Waals surface area contributed by atoms with E-state index in [2.05, 4.69) is 32.2 Å². The molecule has 0 bridgehead atoms. The van der Waals surface area contributed by atoms with E-state index in [0.29, 0.717) is 5.92 Å². The van der Waals surface area contributed by atoms with Gasteiger partial charge in [-0.3, -0.25) is 0 Å². The highest BCUT2D eigenvalue weighted by Crippen LogP contribution is 2.34. The molecule has 0 radical (unpaired) electrons. The summed E-state index contributed by atoms with van der Waals surface area (Å²) in [6.07, 6.45) is 0.963. The Kier molecular flexibility index (Phi) is 5.76. The van der Waals surface area contributed by atoms with Crippen LogP contribution in [0.3, 0.4) is 0 Å². The van der Waals surface area contributed by atoms with Crippen molar-refractivity contribution in [2.45, 2.75) is 33.7 Å². The second-order valence-corrected chi connectivity index (χ2v) is 6.55. The highest BCUT2D eigenvalue weighted by molar-refractivity contribution is 7.15. The summed E-state index contributed by atoms with van der Waals surface area (Å²) in [5, 5.41) is 4.56. The molecule has 2 rings (SSSR count). The predicted molar refractivity (Wildman–Crippen MR) is 90.0 cm³/mol. The minimum atomic E-state index is 0.664. The lowest BCUT2D eigenvalue weighted by Crippen LogP contribution is -2.18. The number of rotatable bonds is 7. The fourth-order valence-corrected chi connectivity index (χ4v) is 3.36. The molecule has 1 aromatic carbocycles. The average Bonchev–Trinajstić information content (AvgIpc) is 2.90. The molecule has 3 nitrogen and oxygen atoms in total. The van der Waals surface area contributed by atoms with Gasteiger partial charge >= 0.3 is 0 Å². The number of hydrogen-bond donors (Lipinski definition) is 1. The molecule has 0 unspecified atom stereocenters. The Bertz CT molecular complexity index is 578. The second kappa shape index (κ2) is 7.57. The van der Waals surface area contributed by atoms with E-state index < -0.39 is 0 Å². The van der Waals surface area contributed by atoms with Gasteiger partial charge in [-0.05, 0) is 31.0 Å². The van der Waals surface area contributed by atoms with Crippen molar-refractivity contribution < 1.29 is 4.74 Å². The molecule has 0 amide bonds. The average molecular weight is 304 g/mol. The third-order valence-corrected chi connectivity index (χ3v) is 4.42. The summed E-state index contributed by atoms with van der Waals surface area (Å²) in [6.45, 7) is 8.54. The van der Waals surface area contributed by atoms with Crippen LogP contribution in [0, 0.1) is 5.92 Å². The molecule has 0 spiro atoms. The zero-order valence-corrected chi connectivity index (χ0v) is 14.1. The van der Waals surface area contributed by atoms with Gasteiger partial charge in [-0.15, -0.1) is 11.3 Å². The van der Waals surface area contributed by atoms with Crippen molar-refractivity contribution in [2.75, 3.05) is 13.7 Å². The van der Waals surface area contributed by atoms with Crippen molar-refractivity contribution in [1.29, 1.82) is 0 Å². The number of methoxy groups -OCH3 is 1. The van der Waals surface area contributed by atoms with Crippen molar-refractivity contribution in [2.24, 2.45) is 5.92 Å². The number of benzene rings is 1. The van der Waals surface area contributed by atoms with Gasteiger partial charge < -0.3 is 10.1 Å². The molecule has 4 heteroatoms. The van der Waals surface area contributed by atoms with Crippen LogP contribution in [0.4, 0.5) is 0 Å². The molecule has 1 heterocycles. The van der Waals surface area contributed by atoms with E-state index in [1.807, 2.05) is 18.2 Å². The molecule has 0 fully saturated rings. The van der Waals surface area contributed by atoms with Crippen LogP contribution in [-0.2, 0) is 13.0 Å². The van der Waals surface area contributed by atoms with Crippen molar-refractivity contribution >= 4 is 11.3 Å². The van der Waals surface area contributed by atoms with Crippen LogP contribution in [0.1, 0.15) is 31.3 Å². The number of para-hydroxylation sites is 1. The maximum atomic E-state index is 5.45. The van der Waals surface area contributed by atoms with E-state index in [4.69, 9.17) is 9.72 Å². The summed E-state index contributed by atoms with van der Waals surface area (Å²) in [5.41, 5.74) is 2.27. The summed E-state index contributed by atoms with van der Waals surface area (Å²) < 4.78 is 5.45. The summed E-state index contributed by atoms with van der Waals surface area (Å²) in [7, 11) is 1.71. The van der Waals surface area contributed by atoms with Crippen LogP contribution in [0.5, 0.6) is 5.75 Å². The van der Waals surface area contributed by atoms with Gasteiger partial charge in [-0.2, -0.15) is 0 Å². The summed E-state index contributed by atoms with van der Waals surface area (Å²) in [5.74, 6) is 1.55. The lowest BCUT2D eigenvalue weighted by molar-refractivity contribution is 0.416. The third-order valence-electron chi connectivity index (χ3n) is 3.29. The molecule has 21 heavy (non-hydrogen) atoms. The van der Waals surface area contributed by atoms with Gasteiger partial charge in [-0.1, -0.05) is 32.9 Å². The Morgan fingerprint density at radius 2 is 2.05 bits per heavy atom. The van der Waals surface area contributed by atoms with Crippen molar-refractivity contribution in [3.05, 3.63) is 34.8 Å². The SMILES string of the molecule is CCc1nc(-c2ccccc2OC)sc1CNCC(C)C. The van der Waals surface area contributed by atoms with Gasteiger partial charge in [0.25, 0.3) is 0 Å². The Labute approximate surface area is 131 Å². The molecule has 114 valence electrons. The Hall–Kier alpha value is -1.39. The van der Waals surface area contributed by atoms with Gasteiger partial charge in [0.05, 0.1) is 18.4 Å². The fourth-order valence-electron chi connectivity index (χ4n) is 2.21. The number of aromatic nitrogens is 1. The molecule has 0 aliphatic rings. The first kappa shape index (κ1) is 16.0. The van der Waals surface area contributed by atoms with E-state index in [1.165, 1.54) is 10.6 Å². The number of ether oxygens (including phenoxy) is 1. The molecule has 0 atom stereocenters. The second-order valence-electron chi connectivity index (χ2n) is 5.47. The van der Waals surface area contributed by atoms with Crippen LogP contribution >= 0.6 is 11.3 Å². The third kappa shape index (κ3) is 4.05. The van der Waals surface area contributed by atoms with Crippen molar-refractivity contribution in [1.82, 2.24) is 10.3 Å². The quantitative estimate of drug-likeness (QED) is 0.835. The molecule has 0 aliphatic heterocycles. The molecule has 0 saturated carbocycles.